The molecule has 6 nitrogen and oxygen atoms in total. The van der Waals surface area contributed by atoms with Gasteiger partial charge in [0.25, 0.3) is 5.69 Å². The number of non-ortho nitro benzene ring substituents is 1. The average Bonchev–Trinajstić information content (AvgIpc) is 2.20. The third-order valence-electron chi connectivity index (χ3n) is 1.58. The number of carbonyl (C=O) groups is 1. The zero-order valence-electron chi connectivity index (χ0n) is 7.69. The highest BCUT2D eigenvalue weighted by Gasteiger charge is 2.12. The molecule has 0 saturated carbocycles. The molecule has 7 heteroatoms. The van der Waals surface area contributed by atoms with Gasteiger partial charge in [-0.05, 0) is 6.07 Å². The van der Waals surface area contributed by atoms with Crippen molar-refractivity contribution in [2.24, 2.45) is 0 Å². The number of rotatable bonds is 2. The number of benzene rings is 1. The van der Waals surface area contributed by atoms with E-state index in [9.17, 15) is 19.3 Å². The summed E-state index contributed by atoms with van der Waals surface area (Å²) in [6.45, 7) is 0. The fraction of sp³-hybridized carbons (Fsp3) is 0.125. The molecular weight excluding hydrogens is 207 g/mol. The Hall–Kier alpha value is -2.18. The lowest BCUT2D eigenvalue weighted by molar-refractivity contribution is -0.384. The third-order valence-corrected chi connectivity index (χ3v) is 1.58. The normalized spacial score (nSPS) is 9.47. The van der Waals surface area contributed by atoms with Crippen LogP contribution in [0.5, 0.6) is 0 Å². The minimum atomic E-state index is -0.894. The number of anilines is 1. The summed E-state index contributed by atoms with van der Waals surface area (Å²) in [5.74, 6) is -0.772. The van der Waals surface area contributed by atoms with Crippen LogP contribution in [-0.2, 0) is 4.74 Å². The molecule has 0 atom stereocenters. The molecule has 0 aliphatic carbocycles. The predicted molar refractivity (Wildman–Crippen MR) is 49.1 cm³/mol. The summed E-state index contributed by atoms with van der Waals surface area (Å²) in [6.07, 6.45) is -0.894. The van der Waals surface area contributed by atoms with Crippen molar-refractivity contribution in [2.75, 3.05) is 12.4 Å². The van der Waals surface area contributed by atoms with E-state index in [1.165, 1.54) is 0 Å². The molecule has 0 bridgehead atoms. The van der Waals surface area contributed by atoms with Gasteiger partial charge >= 0.3 is 6.09 Å². The molecule has 0 unspecified atom stereocenters. The summed E-state index contributed by atoms with van der Waals surface area (Å²) >= 11 is 0. The minimum absolute atomic E-state index is 0.295. The smallest absolute Gasteiger partial charge is 0.411 e. The van der Waals surface area contributed by atoms with Crippen molar-refractivity contribution in [3.8, 4) is 0 Å². The predicted octanol–water partition coefficient (Wildman–Crippen LogP) is 1.91. The van der Waals surface area contributed by atoms with Crippen LogP contribution in [0.4, 0.5) is 20.6 Å². The zero-order valence-corrected chi connectivity index (χ0v) is 7.69. The first-order valence-corrected chi connectivity index (χ1v) is 3.83. The van der Waals surface area contributed by atoms with E-state index in [1.54, 1.807) is 0 Å². The molecule has 0 saturated heterocycles. The fourth-order valence-electron chi connectivity index (χ4n) is 0.884. The molecule has 1 amide bonds. The largest absolute Gasteiger partial charge is 0.453 e. The number of hydrogen-bond donors (Lipinski definition) is 1. The second-order valence-electron chi connectivity index (χ2n) is 2.54. The van der Waals surface area contributed by atoms with Crippen LogP contribution in [0.1, 0.15) is 0 Å². The van der Waals surface area contributed by atoms with E-state index < -0.39 is 16.8 Å². The molecule has 1 N–H and O–H groups in total. The number of methoxy groups -OCH3 is 1. The Bertz CT molecular complexity index is 408. The van der Waals surface area contributed by atoms with E-state index in [-0.39, 0.29) is 11.4 Å². The van der Waals surface area contributed by atoms with Crippen molar-refractivity contribution in [3.05, 3.63) is 34.1 Å². The summed E-state index contributed by atoms with van der Waals surface area (Å²) in [7, 11) is 1.10. The Morgan fingerprint density at radius 2 is 2.27 bits per heavy atom. The molecule has 0 fully saturated rings. The number of carbonyl (C=O) groups excluding carboxylic acids is 1. The highest BCUT2D eigenvalue weighted by Crippen LogP contribution is 2.21. The Kier molecular flexibility index (Phi) is 3.17. The zero-order chi connectivity index (χ0) is 11.4. The van der Waals surface area contributed by atoms with Gasteiger partial charge in [-0.1, -0.05) is 0 Å². The highest BCUT2D eigenvalue weighted by molar-refractivity contribution is 5.85. The van der Waals surface area contributed by atoms with Crippen molar-refractivity contribution < 1.29 is 18.8 Å². The maximum absolute atomic E-state index is 13.0. The van der Waals surface area contributed by atoms with Gasteiger partial charge in [0.1, 0.15) is 5.82 Å². The Balaban J connectivity index is 3.00. The highest BCUT2D eigenvalue weighted by atomic mass is 19.1. The van der Waals surface area contributed by atoms with Crippen LogP contribution in [0.3, 0.4) is 0 Å². The number of nitrogens with one attached hydrogen (secondary N) is 1. The molecule has 0 heterocycles. The molecule has 0 aliphatic rings. The number of ether oxygens (including phenoxy) is 1. The maximum Gasteiger partial charge on any atom is 0.411 e. The van der Waals surface area contributed by atoms with E-state index in [2.05, 4.69) is 4.74 Å². The lowest BCUT2D eigenvalue weighted by atomic mass is 10.2. The van der Waals surface area contributed by atoms with Crippen LogP contribution in [0.15, 0.2) is 18.2 Å². The van der Waals surface area contributed by atoms with Crippen molar-refractivity contribution >= 4 is 17.5 Å². The molecule has 0 spiro atoms. The van der Waals surface area contributed by atoms with E-state index in [4.69, 9.17) is 0 Å². The lowest BCUT2D eigenvalue weighted by Gasteiger charge is -2.04. The Labute approximate surface area is 83.8 Å². The second kappa shape index (κ2) is 4.36. The molecule has 1 aromatic rings. The first kappa shape index (κ1) is 10.9. The molecule has 0 aromatic heterocycles. The number of halogens is 1. The van der Waals surface area contributed by atoms with Crippen LogP contribution in [0.25, 0.3) is 0 Å². The van der Waals surface area contributed by atoms with E-state index >= 15 is 0 Å². The first-order chi connectivity index (χ1) is 7.04. The molecule has 0 aliphatic heterocycles. The summed E-state index contributed by atoms with van der Waals surface area (Å²) in [6, 6.07) is 2.80. The molecule has 1 aromatic carbocycles. The molecule has 1 rings (SSSR count). The SMILES string of the molecule is COC(=O)Nc1cc([N+](=O)[O-])ccc1F. The number of nitro benzene ring substituents is 1. The number of nitro groups is 1. The van der Waals surface area contributed by atoms with Gasteiger partial charge in [-0.3, -0.25) is 15.4 Å². The van der Waals surface area contributed by atoms with Crippen molar-refractivity contribution in [1.82, 2.24) is 0 Å². The van der Waals surface area contributed by atoms with Crippen LogP contribution >= 0.6 is 0 Å². The van der Waals surface area contributed by atoms with E-state index in [1.807, 2.05) is 5.32 Å². The van der Waals surface area contributed by atoms with Crippen LogP contribution < -0.4 is 5.32 Å². The van der Waals surface area contributed by atoms with Gasteiger partial charge in [0.2, 0.25) is 0 Å². The Morgan fingerprint density at radius 1 is 1.60 bits per heavy atom. The van der Waals surface area contributed by atoms with Crippen molar-refractivity contribution in [3.63, 3.8) is 0 Å². The fourth-order valence-corrected chi connectivity index (χ4v) is 0.884. The van der Waals surface area contributed by atoms with E-state index in [0.29, 0.717) is 0 Å². The van der Waals surface area contributed by atoms with Crippen LogP contribution in [0.2, 0.25) is 0 Å². The average molecular weight is 214 g/mol. The molecular formula is C8H7FN2O4. The van der Waals surface area contributed by atoms with Gasteiger partial charge in [0.05, 0.1) is 17.7 Å². The first-order valence-electron chi connectivity index (χ1n) is 3.83. The number of nitrogens with zero attached hydrogens (tertiary/aromatic N) is 1. The third kappa shape index (κ3) is 2.63. The standard InChI is InChI=1S/C8H7FN2O4/c1-15-8(12)10-7-4-5(11(13)14)2-3-6(7)9/h2-4H,1H3,(H,10,12). The van der Waals surface area contributed by atoms with Gasteiger partial charge in [0.15, 0.2) is 0 Å². The van der Waals surface area contributed by atoms with Gasteiger partial charge < -0.3 is 4.74 Å². The maximum atomic E-state index is 13.0. The van der Waals surface area contributed by atoms with Crippen LogP contribution in [-0.4, -0.2) is 18.1 Å². The van der Waals surface area contributed by atoms with Crippen molar-refractivity contribution in [2.45, 2.75) is 0 Å². The monoisotopic (exact) mass is 214 g/mol. The van der Waals surface area contributed by atoms with Gasteiger partial charge in [-0.2, -0.15) is 0 Å². The summed E-state index contributed by atoms with van der Waals surface area (Å²) in [5, 5.41) is 12.4. The summed E-state index contributed by atoms with van der Waals surface area (Å²) in [5.41, 5.74) is -0.612. The minimum Gasteiger partial charge on any atom is -0.453 e. The van der Waals surface area contributed by atoms with E-state index in [0.717, 1.165) is 25.3 Å². The summed E-state index contributed by atoms with van der Waals surface area (Å²) < 4.78 is 17.3. The van der Waals surface area contributed by atoms with Gasteiger partial charge in [0, 0.05) is 12.1 Å². The van der Waals surface area contributed by atoms with Crippen molar-refractivity contribution in [1.29, 1.82) is 0 Å². The number of amides is 1. The molecule has 80 valence electrons. The quantitative estimate of drug-likeness (QED) is 0.602. The lowest BCUT2D eigenvalue weighted by Crippen LogP contribution is -2.12. The topological polar surface area (TPSA) is 81.5 Å². The van der Waals surface area contributed by atoms with Gasteiger partial charge in [-0.15, -0.1) is 0 Å². The molecule has 0 radical (unpaired) electrons. The van der Waals surface area contributed by atoms with Gasteiger partial charge in [-0.25, -0.2) is 9.18 Å². The summed E-state index contributed by atoms with van der Waals surface area (Å²) in [4.78, 5) is 20.4. The number of hydrogen-bond acceptors (Lipinski definition) is 4. The Morgan fingerprint density at radius 3 is 2.80 bits per heavy atom. The molecule has 15 heavy (non-hydrogen) atoms. The second-order valence-corrected chi connectivity index (χ2v) is 2.54. The van der Waals surface area contributed by atoms with Crippen LogP contribution in [0, 0.1) is 15.9 Å².